The van der Waals surface area contributed by atoms with E-state index in [1.807, 2.05) is 12.1 Å². The highest BCUT2D eigenvalue weighted by atomic mass is 35.5. The number of piperidine rings is 1. The Bertz CT molecular complexity index is 377. The fraction of sp³-hybridized carbons (Fsp3) is 0.538. The summed E-state index contributed by atoms with van der Waals surface area (Å²) in [7, 11) is 0. The van der Waals surface area contributed by atoms with Crippen molar-refractivity contribution < 1.29 is 0 Å². The molecule has 86 valence electrons. The van der Waals surface area contributed by atoms with Crippen molar-refractivity contribution in [3.8, 4) is 0 Å². The number of halogens is 1. The van der Waals surface area contributed by atoms with Crippen molar-refractivity contribution in [2.75, 3.05) is 31.1 Å². The van der Waals surface area contributed by atoms with Gasteiger partial charge in [0.2, 0.25) is 0 Å². The molecule has 2 aliphatic rings. The Morgan fingerprint density at radius 3 is 2.38 bits per heavy atom. The van der Waals surface area contributed by atoms with Gasteiger partial charge in [0.1, 0.15) is 0 Å². The minimum atomic E-state index is 0.609. The van der Waals surface area contributed by atoms with Gasteiger partial charge < -0.3 is 10.2 Å². The minimum absolute atomic E-state index is 0.609. The van der Waals surface area contributed by atoms with E-state index < -0.39 is 0 Å². The summed E-state index contributed by atoms with van der Waals surface area (Å²) in [6.07, 6.45) is 2.59. The van der Waals surface area contributed by atoms with Gasteiger partial charge in [0, 0.05) is 26.2 Å². The molecule has 0 amide bonds. The van der Waals surface area contributed by atoms with Crippen LogP contribution in [0.1, 0.15) is 12.8 Å². The molecule has 1 aromatic carbocycles. The first-order chi connectivity index (χ1) is 7.79. The highest BCUT2D eigenvalue weighted by molar-refractivity contribution is 6.33. The topological polar surface area (TPSA) is 15.3 Å². The predicted octanol–water partition coefficient (Wildman–Crippen LogP) is 2.53. The van der Waals surface area contributed by atoms with Crippen LogP contribution in [0.15, 0.2) is 24.3 Å². The van der Waals surface area contributed by atoms with Crippen LogP contribution < -0.4 is 10.2 Å². The lowest BCUT2D eigenvalue weighted by Gasteiger charge is -2.49. The van der Waals surface area contributed by atoms with Crippen LogP contribution in [0, 0.1) is 5.41 Å². The Balaban J connectivity index is 1.72. The highest BCUT2D eigenvalue weighted by Gasteiger charge is 2.39. The van der Waals surface area contributed by atoms with E-state index in [1.54, 1.807) is 0 Å². The van der Waals surface area contributed by atoms with E-state index in [0.29, 0.717) is 5.41 Å². The molecule has 0 unspecified atom stereocenters. The molecule has 3 heteroatoms. The van der Waals surface area contributed by atoms with Crippen molar-refractivity contribution in [3.05, 3.63) is 29.3 Å². The number of nitrogens with one attached hydrogen (secondary N) is 1. The third kappa shape index (κ3) is 1.70. The molecular weight excluding hydrogens is 220 g/mol. The monoisotopic (exact) mass is 236 g/mol. The Morgan fingerprint density at radius 2 is 1.81 bits per heavy atom. The lowest BCUT2D eigenvalue weighted by Crippen LogP contribution is -2.58. The molecule has 2 aliphatic heterocycles. The van der Waals surface area contributed by atoms with Gasteiger partial charge in [0.25, 0.3) is 0 Å². The van der Waals surface area contributed by atoms with Crippen molar-refractivity contribution in [3.63, 3.8) is 0 Å². The maximum absolute atomic E-state index is 6.22. The van der Waals surface area contributed by atoms with E-state index in [4.69, 9.17) is 11.6 Å². The van der Waals surface area contributed by atoms with Crippen molar-refractivity contribution in [1.29, 1.82) is 0 Å². The Kier molecular flexibility index (Phi) is 2.56. The predicted molar refractivity (Wildman–Crippen MR) is 68.2 cm³/mol. The Hall–Kier alpha value is -0.730. The first-order valence-electron chi connectivity index (χ1n) is 5.99. The van der Waals surface area contributed by atoms with E-state index in [-0.39, 0.29) is 0 Å². The molecule has 1 N–H and O–H groups in total. The van der Waals surface area contributed by atoms with Gasteiger partial charge in [-0.05, 0) is 30.4 Å². The second-order valence-electron chi connectivity index (χ2n) is 5.04. The summed E-state index contributed by atoms with van der Waals surface area (Å²) in [6.45, 7) is 4.71. The van der Waals surface area contributed by atoms with Crippen LogP contribution in [0.4, 0.5) is 5.69 Å². The number of para-hydroxylation sites is 1. The molecule has 2 fully saturated rings. The third-order valence-corrected chi connectivity index (χ3v) is 4.34. The first-order valence-corrected chi connectivity index (χ1v) is 6.37. The minimum Gasteiger partial charge on any atom is -0.370 e. The van der Waals surface area contributed by atoms with Gasteiger partial charge >= 0.3 is 0 Å². The molecule has 2 saturated heterocycles. The largest absolute Gasteiger partial charge is 0.370 e. The quantitative estimate of drug-likeness (QED) is 0.806. The molecule has 0 atom stereocenters. The second kappa shape index (κ2) is 3.94. The van der Waals surface area contributed by atoms with Crippen molar-refractivity contribution >= 4 is 17.3 Å². The number of hydrogen-bond donors (Lipinski definition) is 1. The van der Waals surface area contributed by atoms with Crippen LogP contribution in [0.5, 0.6) is 0 Å². The molecule has 16 heavy (non-hydrogen) atoms. The summed E-state index contributed by atoms with van der Waals surface area (Å²) in [4.78, 5) is 2.42. The lowest BCUT2D eigenvalue weighted by molar-refractivity contribution is 0.126. The zero-order valence-corrected chi connectivity index (χ0v) is 10.1. The van der Waals surface area contributed by atoms with Crippen LogP contribution >= 0.6 is 11.6 Å². The Labute approximate surface area is 102 Å². The number of nitrogens with zero attached hydrogens (tertiary/aromatic N) is 1. The molecule has 0 radical (unpaired) electrons. The molecule has 1 aromatic rings. The first kappa shape index (κ1) is 10.4. The van der Waals surface area contributed by atoms with Crippen molar-refractivity contribution in [1.82, 2.24) is 5.32 Å². The van der Waals surface area contributed by atoms with Gasteiger partial charge in [-0.25, -0.2) is 0 Å². The summed E-state index contributed by atoms with van der Waals surface area (Å²) in [5, 5.41) is 4.27. The van der Waals surface area contributed by atoms with Crippen LogP contribution in [-0.2, 0) is 0 Å². The van der Waals surface area contributed by atoms with E-state index in [0.717, 1.165) is 18.1 Å². The summed E-state index contributed by atoms with van der Waals surface area (Å²) < 4.78 is 0. The van der Waals surface area contributed by atoms with Crippen LogP contribution in [-0.4, -0.2) is 26.2 Å². The number of anilines is 1. The molecular formula is C13H17ClN2. The van der Waals surface area contributed by atoms with Crippen molar-refractivity contribution in [2.24, 2.45) is 5.41 Å². The van der Waals surface area contributed by atoms with E-state index in [1.165, 1.54) is 31.6 Å². The summed E-state index contributed by atoms with van der Waals surface area (Å²) in [6, 6.07) is 8.16. The number of hydrogen-bond acceptors (Lipinski definition) is 2. The fourth-order valence-corrected chi connectivity index (χ4v) is 3.02. The average molecular weight is 237 g/mol. The molecule has 2 nitrogen and oxygen atoms in total. The van der Waals surface area contributed by atoms with E-state index >= 15 is 0 Å². The molecule has 0 aromatic heterocycles. The molecule has 2 heterocycles. The van der Waals surface area contributed by atoms with Gasteiger partial charge in [-0.15, -0.1) is 0 Å². The van der Waals surface area contributed by atoms with E-state index in [9.17, 15) is 0 Å². The molecule has 1 spiro atoms. The lowest BCUT2D eigenvalue weighted by atomic mass is 9.73. The molecule has 0 aliphatic carbocycles. The number of benzene rings is 1. The normalized spacial score (nSPS) is 23.2. The fourth-order valence-electron chi connectivity index (χ4n) is 2.76. The molecule has 0 saturated carbocycles. The van der Waals surface area contributed by atoms with Crippen LogP contribution in [0.3, 0.4) is 0 Å². The SMILES string of the molecule is Clc1ccccc1N1CCC2(CC1)CNC2. The van der Waals surface area contributed by atoms with Crippen molar-refractivity contribution in [2.45, 2.75) is 12.8 Å². The summed E-state index contributed by atoms with van der Waals surface area (Å²) in [5.41, 5.74) is 1.81. The maximum atomic E-state index is 6.22. The Morgan fingerprint density at radius 1 is 1.12 bits per heavy atom. The van der Waals surface area contributed by atoms with Gasteiger partial charge in [-0.3, -0.25) is 0 Å². The molecule has 3 rings (SSSR count). The smallest absolute Gasteiger partial charge is 0.0639 e. The number of rotatable bonds is 1. The zero-order chi connectivity index (χ0) is 11.0. The second-order valence-corrected chi connectivity index (χ2v) is 5.45. The van der Waals surface area contributed by atoms with Gasteiger partial charge in [-0.1, -0.05) is 23.7 Å². The van der Waals surface area contributed by atoms with Gasteiger partial charge in [0.05, 0.1) is 10.7 Å². The maximum Gasteiger partial charge on any atom is 0.0639 e. The van der Waals surface area contributed by atoms with Crippen LogP contribution in [0.25, 0.3) is 0 Å². The van der Waals surface area contributed by atoms with Gasteiger partial charge in [-0.2, -0.15) is 0 Å². The average Bonchev–Trinajstić information content (AvgIpc) is 2.28. The molecule has 0 bridgehead atoms. The van der Waals surface area contributed by atoms with Crippen LogP contribution in [0.2, 0.25) is 5.02 Å². The summed E-state index contributed by atoms with van der Waals surface area (Å²) >= 11 is 6.22. The van der Waals surface area contributed by atoms with E-state index in [2.05, 4.69) is 22.3 Å². The third-order valence-electron chi connectivity index (χ3n) is 4.02. The summed E-state index contributed by atoms with van der Waals surface area (Å²) in [5.74, 6) is 0. The standard InChI is InChI=1S/C13H17ClN2/c14-11-3-1-2-4-12(11)16-7-5-13(6-8-16)9-15-10-13/h1-4,15H,5-10H2. The highest BCUT2D eigenvalue weighted by Crippen LogP contribution is 2.37. The van der Waals surface area contributed by atoms with Gasteiger partial charge in [0.15, 0.2) is 0 Å². The zero-order valence-electron chi connectivity index (χ0n) is 9.38.